The largest absolute Gasteiger partial charge is 2.00 e. The second-order valence-corrected chi connectivity index (χ2v) is 4.61. The van der Waals surface area contributed by atoms with Crippen molar-refractivity contribution in [1.82, 2.24) is 0 Å². The SMILES string of the molecule is CC(=O)C(C(C)=O)C(=O)C(=O)[O-].CC(=O)C(C(C)=O)C(=O)C(=O)[O-].[Pd+2]. The topological polar surface area (TPSA) is 183 Å². The maximum atomic E-state index is 10.6. The molecule has 0 bridgehead atoms. The van der Waals surface area contributed by atoms with Crippen LogP contribution in [0, 0.1) is 11.8 Å². The minimum Gasteiger partial charge on any atom is -0.542 e. The van der Waals surface area contributed by atoms with Crippen LogP contribution in [0.15, 0.2) is 0 Å². The Morgan fingerprint density at radius 2 is 0.680 bits per heavy atom. The van der Waals surface area contributed by atoms with Crippen LogP contribution in [0.1, 0.15) is 27.7 Å². The van der Waals surface area contributed by atoms with Gasteiger partial charge in [0, 0.05) is 0 Å². The predicted octanol–water partition coefficient (Wildman–Crippen LogP) is -3.80. The van der Waals surface area contributed by atoms with Crippen molar-refractivity contribution < 1.29 is 69.0 Å². The van der Waals surface area contributed by atoms with Crippen molar-refractivity contribution in [1.29, 1.82) is 0 Å². The van der Waals surface area contributed by atoms with E-state index in [4.69, 9.17) is 0 Å². The number of carboxylic acids is 2. The van der Waals surface area contributed by atoms with Gasteiger partial charge in [-0.25, -0.2) is 0 Å². The molecule has 0 heterocycles. The molecule has 0 aliphatic rings. The van der Waals surface area contributed by atoms with Crippen molar-refractivity contribution in [3.05, 3.63) is 0 Å². The van der Waals surface area contributed by atoms with Crippen LogP contribution in [-0.2, 0) is 58.8 Å². The summed E-state index contributed by atoms with van der Waals surface area (Å²) in [5.74, 6) is -13.5. The molecular formula is C14H14O10Pd. The van der Waals surface area contributed by atoms with Crippen LogP contribution in [0.3, 0.4) is 0 Å². The third kappa shape index (κ3) is 9.49. The van der Waals surface area contributed by atoms with E-state index in [0.717, 1.165) is 27.7 Å². The van der Waals surface area contributed by atoms with Crippen molar-refractivity contribution >= 4 is 46.6 Å². The number of rotatable bonds is 8. The molecule has 140 valence electrons. The monoisotopic (exact) mass is 448 g/mol. The Kier molecular flexibility index (Phi) is 13.2. The van der Waals surface area contributed by atoms with Gasteiger partial charge >= 0.3 is 20.4 Å². The zero-order valence-electron chi connectivity index (χ0n) is 13.6. The van der Waals surface area contributed by atoms with E-state index in [1.165, 1.54) is 0 Å². The molecule has 0 N–H and O–H groups in total. The number of Topliss-reactive ketones (excluding diaryl/α,β-unsaturated/α-hetero) is 6. The molecule has 0 aliphatic heterocycles. The Morgan fingerprint density at radius 1 is 0.520 bits per heavy atom. The number of carboxylic acid groups (broad SMARTS) is 2. The molecule has 0 aliphatic carbocycles. The fourth-order valence-electron chi connectivity index (χ4n) is 1.55. The number of carbonyl (C=O) groups excluding carboxylic acids is 8. The van der Waals surface area contributed by atoms with Crippen LogP contribution in [0.5, 0.6) is 0 Å². The summed E-state index contributed by atoms with van der Waals surface area (Å²) in [6.07, 6.45) is 0. The molecular weight excluding hydrogens is 435 g/mol. The maximum Gasteiger partial charge on any atom is 2.00 e. The van der Waals surface area contributed by atoms with E-state index in [0.29, 0.717) is 0 Å². The van der Waals surface area contributed by atoms with Gasteiger partial charge < -0.3 is 19.8 Å². The fraction of sp³-hybridized carbons (Fsp3) is 0.429. The maximum absolute atomic E-state index is 10.6. The molecule has 25 heavy (non-hydrogen) atoms. The molecule has 0 radical (unpaired) electrons. The summed E-state index contributed by atoms with van der Waals surface area (Å²) in [4.78, 5) is 83.6. The summed E-state index contributed by atoms with van der Waals surface area (Å²) in [6, 6.07) is 0. The first-order chi connectivity index (χ1) is 10.7. The summed E-state index contributed by atoms with van der Waals surface area (Å²) in [6.45, 7) is 3.92. The first-order valence-electron chi connectivity index (χ1n) is 6.27. The van der Waals surface area contributed by atoms with Gasteiger partial charge in [-0.1, -0.05) is 0 Å². The van der Waals surface area contributed by atoms with Gasteiger partial charge in [-0.05, 0) is 27.7 Å². The van der Waals surface area contributed by atoms with Crippen molar-refractivity contribution in [2.24, 2.45) is 11.8 Å². The molecule has 0 rings (SSSR count). The molecule has 0 fully saturated rings. The average Bonchev–Trinajstić information content (AvgIpc) is 2.37. The second-order valence-electron chi connectivity index (χ2n) is 4.61. The van der Waals surface area contributed by atoms with Gasteiger partial charge in [-0.2, -0.15) is 0 Å². The van der Waals surface area contributed by atoms with Crippen molar-refractivity contribution in [2.75, 3.05) is 0 Å². The minimum absolute atomic E-state index is 0. The Hall–Kier alpha value is -2.38. The van der Waals surface area contributed by atoms with E-state index in [2.05, 4.69) is 0 Å². The van der Waals surface area contributed by atoms with E-state index >= 15 is 0 Å². The number of carbonyl (C=O) groups is 8. The smallest absolute Gasteiger partial charge is 0.542 e. The zero-order chi connectivity index (χ0) is 19.8. The Balaban J connectivity index is -0.000000372. The summed E-state index contributed by atoms with van der Waals surface area (Å²) >= 11 is 0. The van der Waals surface area contributed by atoms with E-state index in [-0.39, 0.29) is 20.4 Å². The van der Waals surface area contributed by atoms with E-state index in [1.54, 1.807) is 0 Å². The molecule has 0 saturated carbocycles. The second kappa shape index (κ2) is 12.1. The molecule has 10 nitrogen and oxygen atoms in total. The van der Waals surface area contributed by atoms with Crippen LogP contribution < -0.4 is 10.2 Å². The number of hydrogen-bond donors (Lipinski definition) is 0. The van der Waals surface area contributed by atoms with Crippen molar-refractivity contribution in [3.63, 3.8) is 0 Å². The quantitative estimate of drug-likeness (QED) is 0.203. The van der Waals surface area contributed by atoms with Gasteiger partial charge in [0.1, 0.15) is 46.9 Å². The first kappa shape index (κ1) is 27.5. The molecule has 0 atom stereocenters. The van der Waals surface area contributed by atoms with Gasteiger partial charge in [0.25, 0.3) is 0 Å². The minimum atomic E-state index is -2.01. The number of ketones is 6. The first-order valence-corrected chi connectivity index (χ1v) is 6.27. The summed E-state index contributed by atoms with van der Waals surface area (Å²) in [5.41, 5.74) is 0. The predicted molar refractivity (Wildman–Crippen MR) is 69.7 cm³/mol. The van der Waals surface area contributed by atoms with E-state index in [9.17, 15) is 48.6 Å². The molecule has 0 spiro atoms. The van der Waals surface area contributed by atoms with Crippen LogP contribution in [0.2, 0.25) is 0 Å². The third-order valence-electron chi connectivity index (χ3n) is 2.55. The van der Waals surface area contributed by atoms with E-state index < -0.39 is 58.5 Å². The molecule has 0 saturated heterocycles. The van der Waals surface area contributed by atoms with Gasteiger partial charge in [0.2, 0.25) is 0 Å². The third-order valence-corrected chi connectivity index (χ3v) is 2.55. The molecule has 0 aromatic heterocycles. The average molecular weight is 449 g/mol. The summed E-state index contributed by atoms with van der Waals surface area (Å²) in [5, 5.41) is 20.0. The molecule has 11 heteroatoms. The number of aliphatic carboxylic acids is 2. The molecule has 0 unspecified atom stereocenters. The van der Waals surface area contributed by atoms with Crippen LogP contribution in [0.4, 0.5) is 0 Å². The fourth-order valence-corrected chi connectivity index (χ4v) is 1.55. The summed E-state index contributed by atoms with van der Waals surface area (Å²) < 4.78 is 0. The Bertz CT molecular complexity index is 537. The standard InChI is InChI=1S/2C7H8O5.Pd/c2*1-3(8)5(4(2)9)6(10)7(11)12;/h2*5H,1-2H3,(H,11,12);/q;;+2/p-2. The van der Waals surface area contributed by atoms with Gasteiger partial charge in [-0.3, -0.25) is 28.8 Å². The number of hydrogen-bond acceptors (Lipinski definition) is 10. The molecule has 0 aromatic carbocycles. The normalized spacial score (nSPS) is 9.20. The van der Waals surface area contributed by atoms with Gasteiger partial charge in [-0.15, -0.1) is 0 Å². The Labute approximate surface area is 155 Å². The van der Waals surface area contributed by atoms with Crippen LogP contribution >= 0.6 is 0 Å². The van der Waals surface area contributed by atoms with Gasteiger partial charge in [0.15, 0.2) is 11.6 Å². The van der Waals surface area contributed by atoms with E-state index in [1.807, 2.05) is 0 Å². The van der Waals surface area contributed by atoms with Gasteiger partial charge in [0.05, 0.1) is 0 Å². The molecule has 0 aromatic rings. The summed E-state index contributed by atoms with van der Waals surface area (Å²) in [7, 11) is 0. The van der Waals surface area contributed by atoms with Crippen LogP contribution in [-0.4, -0.2) is 46.6 Å². The molecule has 0 amide bonds. The Morgan fingerprint density at radius 3 is 0.720 bits per heavy atom. The van der Waals surface area contributed by atoms with Crippen LogP contribution in [0.25, 0.3) is 0 Å². The zero-order valence-corrected chi connectivity index (χ0v) is 15.1. The van der Waals surface area contributed by atoms with Crippen molar-refractivity contribution in [2.45, 2.75) is 27.7 Å². The van der Waals surface area contributed by atoms with Crippen molar-refractivity contribution in [3.8, 4) is 0 Å².